The molecule has 4 nitrogen and oxygen atoms in total. The van der Waals surface area contributed by atoms with Gasteiger partial charge < -0.3 is 15.3 Å². The second-order valence-corrected chi connectivity index (χ2v) is 3.47. The van der Waals surface area contributed by atoms with Crippen molar-refractivity contribution < 1.29 is 9.90 Å². The monoisotopic (exact) mass is 172 g/mol. The Labute approximate surface area is 72.6 Å². The Balaban J connectivity index is 2.44. The number of nitrogens with zero attached hydrogens (tertiary/aromatic N) is 1. The van der Waals surface area contributed by atoms with Gasteiger partial charge in [0.05, 0.1) is 12.6 Å². The maximum absolute atomic E-state index is 11.2. The van der Waals surface area contributed by atoms with Gasteiger partial charge in [-0.05, 0) is 5.92 Å². The number of β-amino-alcohol motifs (C(OH)–C–C–N with tert-alkyl or cyclic N) is 1. The zero-order chi connectivity index (χ0) is 9.14. The van der Waals surface area contributed by atoms with Crippen molar-refractivity contribution in [1.29, 1.82) is 0 Å². The molecule has 1 atom stereocenters. The van der Waals surface area contributed by atoms with Crippen LogP contribution in [0.3, 0.4) is 0 Å². The number of rotatable bonds is 3. The summed E-state index contributed by atoms with van der Waals surface area (Å²) in [4.78, 5) is 12.8. The lowest BCUT2D eigenvalue weighted by Crippen LogP contribution is -2.31. The van der Waals surface area contributed by atoms with Gasteiger partial charge in [-0.2, -0.15) is 0 Å². The predicted octanol–water partition coefficient (Wildman–Crippen LogP) is 0.0285. The van der Waals surface area contributed by atoms with Gasteiger partial charge in [-0.3, -0.25) is 0 Å². The fourth-order valence-corrected chi connectivity index (χ4v) is 1.31. The third-order valence-corrected chi connectivity index (χ3v) is 2.19. The molecule has 1 saturated heterocycles. The molecular weight excluding hydrogens is 156 g/mol. The summed E-state index contributed by atoms with van der Waals surface area (Å²) in [5.41, 5.74) is 0. The van der Waals surface area contributed by atoms with E-state index in [1.807, 2.05) is 0 Å². The number of nitrogens with one attached hydrogen (secondary N) is 1. The zero-order valence-electron chi connectivity index (χ0n) is 7.58. The molecule has 0 bridgehead atoms. The number of aliphatic hydroxyl groups excluding tert-OH is 1. The first-order valence-corrected chi connectivity index (χ1v) is 4.31. The third kappa shape index (κ3) is 1.88. The number of carbonyl (C=O) groups is 1. The summed E-state index contributed by atoms with van der Waals surface area (Å²) in [6.07, 6.45) is 0. The summed E-state index contributed by atoms with van der Waals surface area (Å²) in [6, 6.07) is 0.187. The topological polar surface area (TPSA) is 52.6 Å². The maximum atomic E-state index is 11.2. The lowest BCUT2D eigenvalue weighted by Gasteiger charge is -2.14. The maximum Gasteiger partial charge on any atom is 0.317 e. The Morgan fingerprint density at radius 1 is 1.75 bits per heavy atom. The quantitative estimate of drug-likeness (QED) is 0.631. The molecule has 1 aliphatic rings. The van der Waals surface area contributed by atoms with Crippen LogP contribution in [0.2, 0.25) is 0 Å². The normalized spacial score (nSPS) is 23.5. The van der Waals surface area contributed by atoms with Gasteiger partial charge in [0.25, 0.3) is 0 Å². The van der Waals surface area contributed by atoms with Crippen molar-refractivity contribution >= 4 is 6.03 Å². The van der Waals surface area contributed by atoms with Crippen molar-refractivity contribution in [3.8, 4) is 0 Å². The number of carbonyl (C=O) groups excluding carboxylic acids is 1. The molecule has 1 heterocycles. The molecule has 0 aliphatic carbocycles. The van der Waals surface area contributed by atoms with Crippen LogP contribution in [0, 0.1) is 5.92 Å². The number of urea groups is 1. The summed E-state index contributed by atoms with van der Waals surface area (Å²) in [7, 11) is 0. The Bertz CT molecular complexity index is 170. The number of hydrogen-bond acceptors (Lipinski definition) is 2. The Kier molecular flexibility index (Phi) is 2.92. The Morgan fingerprint density at radius 2 is 2.42 bits per heavy atom. The van der Waals surface area contributed by atoms with Crippen LogP contribution in [0.1, 0.15) is 13.8 Å². The van der Waals surface area contributed by atoms with Crippen LogP contribution >= 0.6 is 0 Å². The standard InChI is InChI=1S/C8H16N2O2/c1-6(2)7-5-10(3-4-11)8(12)9-7/h6-7,11H,3-5H2,1-2H3,(H,9,12). The second kappa shape index (κ2) is 3.76. The molecule has 0 aromatic rings. The lowest BCUT2D eigenvalue weighted by atomic mass is 10.1. The largest absolute Gasteiger partial charge is 0.395 e. The fraction of sp³-hybridized carbons (Fsp3) is 0.875. The molecule has 1 unspecified atom stereocenters. The minimum Gasteiger partial charge on any atom is -0.395 e. The number of aliphatic hydroxyl groups is 1. The van der Waals surface area contributed by atoms with Gasteiger partial charge in [0.15, 0.2) is 0 Å². The van der Waals surface area contributed by atoms with Gasteiger partial charge >= 0.3 is 6.03 Å². The number of amides is 2. The first-order valence-electron chi connectivity index (χ1n) is 4.31. The fourth-order valence-electron chi connectivity index (χ4n) is 1.31. The lowest BCUT2D eigenvalue weighted by molar-refractivity contribution is 0.196. The minimum atomic E-state index is -0.0530. The van der Waals surface area contributed by atoms with E-state index < -0.39 is 0 Å². The van der Waals surface area contributed by atoms with E-state index in [-0.39, 0.29) is 18.7 Å². The van der Waals surface area contributed by atoms with Gasteiger partial charge in [0.1, 0.15) is 0 Å². The van der Waals surface area contributed by atoms with Crippen LogP contribution in [0.25, 0.3) is 0 Å². The van der Waals surface area contributed by atoms with Gasteiger partial charge in [-0.15, -0.1) is 0 Å². The molecule has 0 radical (unpaired) electrons. The molecular formula is C8H16N2O2. The minimum absolute atomic E-state index is 0.0399. The van der Waals surface area contributed by atoms with Crippen molar-refractivity contribution in [2.24, 2.45) is 5.92 Å². The Morgan fingerprint density at radius 3 is 2.83 bits per heavy atom. The first-order chi connectivity index (χ1) is 5.65. The summed E-state index contributed by atoms with van der Waals surface area (Å²) >= 11 is 0. The molecule has 1 rings (SSSR count). The molecule has 1 aliphatic heterocycles. The molecule has 2 amide bonds. The zero-order valence-corrected chi connectivity index (χ0v) is 7.58. The van der Waals surface area contributed by atoms with Gasteiger partial charge in [0.2, 0.25) is 0 Å². The van der Waals surface area contributed by atoms with Crippen LogP contribution in [0.15, 0.2) is 0 Å². The molecule has 70 valence electrons. The van der Waals surface area contributed by atoms with Crippen molar-refractivity contribution in [2.75, 3.05) is 19.7 Å². The smallest absolute Gasteiger partial charge is 0.317 e. The van der Waals surface area contributed by atoms with Gasteiger partial charge in [-0.25, -0.2) is 4.79 Å². The molecule has 4 heteroatoms. The summed E-state index contributed by atoms with van der Waals surface area (Å²) in [5, 5.41) is 11.5. The van der Waals surface area contributed by atoms with E-state index in [4.69, 9.17) is 5.11 Å². The van der Waals surface area contributed by atoms with E-state index in [0.29, 0.717) is 12.5 Å². The summed E-state index contributed by atoms with van der Waals surface area (Å²) in [5.74, 6) is 0.456. The molecule has 0 saturated carbocycles. The van der Waals surface area contributed by atoms with Crippen molar-refractivity contribution in [3.05, 3.63) is 0 Å². The van der Waals surface area contributed by atoms with E-state index >= 15 is 0 Å². The summed E-state index contributed by atoms with van der Waals surface area (Å²) < 4.78 is 0. The average Bonchev–Trinajstić information content (AvgIpc) is 2.34. The van der Waals surface area contributed by atoms with E-state index in [2.05, 4.69) is 19.2 Å². The highest BCUT2D eigenvalue weighted by Gasteiger charge is 2.29. The van der Waals surface area contributed by atoms with Crippen LogP contribution in [0.4, 0.5) is 4.79 Å². The predicted molar refractivity (Wildman–Crippen MR) is 45.8 cm³/mol. The van der Waals surface area contributed by atoms with Crippen LogP contribution in [-0.2, 0) is 0 Å². The van der Waals surface area contributed by atoms with E-state index in [1.165, 1.54) is 0 Å². The molecule has 0 aromatic carbocycles. The number of hydrogen-bond donors (Lipinski definition) is 2. The molecule has 1 fully saturated rings. The SMILES string of the molecule is CC(C)C1CN(CCO)C(=O)N1. The third-order valence-electron chi connectivity index (χ3n) is 2.19. The highest BCUT2D eigenvalue weighted by molar-refractivity contribution is 5.76. The first kappa shape index (κ1) is 9.32. The van der Waals surface area contributed by atoms with Crippen molar-refractivity contribution in [2.45, 2.75) is 19.9 Å². The highest BCUT2D eigenvalue weighted by Crippen LogP contribution is 2.10. The van der Waals surface area contributed by atoms with Crippen LogP contribution < -0.4 is 5.32 Å². The molecule has 0 aromatic heterocycles. The molecule has 12 heavy (non-hydrogen) atoms. The van der Waals surface area contributed by atoms with E-state index in [9.17, 15) is 4.79 Å². The van der Waals surface area contributed by atoms with E-state index in [0.717, 1.165) is 6.54 Å². The van der Waals surface area contributed by atoms with Gasteiger partial charge in [0, 0.05) is 13.1 Å². The van der Waals surface area contributed by atoms with Crippen molar-refractivity contribution in [3.63, 3.8) is 0 Å². The molecule has 2 N–H and O–H groups in total. The second-order valence-electron chi connectivity index (χ2n) is 3.47. The van der Waals surface area contributed by atoms with Crippen LogP contribution in [-0.4, -0.2) is 41.8 Å². The van der Waals surface area contributed by atoms with Gasteiger partial charge in [-0.1, -0.05) is 13.8 Å². The molecule has 0 spiro atoms. The average molecular weight is 172 g/mol. The Hall–Kier alpha value is -0.770. The van der Waals surface area contributed by atoms with Crippen molar-refractivity contribution in [1.82, 2.24) is 10.2 Å². The van der Waals surface area contributed by atoms with Crippen LogP contribution in [0.5, 0.6) is 0 Å². The highest BCUT2D eigenvalue weighted by atomic mass is 16.3. The van der Waals surface area contributed by atoms with E-state index in [1.54, 1.807) is 4.90 Å². The summed E-state index contributed by atoms with van der Waals surface area (Å²) in [6.45, 7) is 5.35.